The van der Waals surface area contributed by atoms with E-state index in [-0.39, 0.29) is 18.0 Å². The van der Waals surface area contributed by atoms with Crippen LogP contribution in [0.2, 0.25) is 0 Å². The largest absolute Gasteiger partial charge is 0.348 e. The van der Waals surface area contributed by atoms with Crippen molar-refractivity contribution in [3.63, 3.8) is 0 Å². The van der Waals surface area contributed by atoms with Crippen molar-refractivity contribution < 1.29 is 9.59 Å². The second-order valence-corrected chi connectivity index (χ2v) is 4.90. The number of carbonyl (C=O) groups is 2. The highest BCUT2D eigenvalue weighted by Crippen LogP contribution is 2.18. The SMILES string of the molecule is C[C@@H](CN)NC(=O)c1cccc(N2CCCNC2=O)c1. The molecule has 3 amide bonds. The molecular formula is C14H20N4O2. The van der Waals surface area contributed by atoms with Crippen molar-refractivity contribution in [2.45, 2.75) is 19.4 Å². The maximum absolute atomic E-state index is 12.0. The van der Waals surface area contributed by atoms with E-state index >= 15 is 0 Å². The van der Waals surface area contributed by atoms with Gasteiger partial charge in [-0.3, -0.25) is 9.69 Å². The number of rotatable bonds is 4. The van der Waals surface area contributed by atoms with Gasteiger partial charge in [-0.2, -0.15) is 0 Å². The highest BCUT2D eigenvalue weighted by atomic mass is 16.2. The Balaban J connectivity index is 2.15. The molecule has 1 saturated heterocycles. The first-order valence-corrected chi connectivity index (χ1v) is 6.78. The van der Waals surface area contributed by atoms with E-state index in [0.717, 1.165) is 12.1 Å². The van der Waals surface area contributed by atoms with E-state index < -0.39 is 0 Å². The second-order valence-electron chi connectivity index (χ2n) is 4.90. The van der Waals surface area contributed by atoms with Crippen LogP contribution >= 0.6 is 0 Å². The van der Waals surface area contributed by atoms with Gasteiger partial charge in [-0.15, -0.1) is 0 Å². The molecule has 108 valence electrons. The maximum atomic E-state index is 12.0. The summed E-state index contributed by atoms with van der Waals surface area (Å²) in [6.07, 6.45) is 0.895. The lowest BCUT2D eigenvalue weighted by molar-refractivity contribution is 0.0941. The third-order valence-electron chi connectivity index (χ3n) is 3.23. The molecule has 1 aromatic carbocycles. The number of nitrogens with zero attached hydrogens (tertiary/aromatic N) is 1. The fourth-order valence-electron chi connectivity index (χ4n) is 2.06. The lowest BCUT2D eigenvalue weighted by Gasteiger charge is -2.27. The monoisotopic (exact) mass is 276 g/mol. The molecule has 0 aliphatic carbocycles. The molecule has 0 saturated carbocycles. The first-order valence-electron chi connectivity index (χ1n) is 6.78. The Kier molecular flexibility index (Phi) is 4.57. The summed E-state index contributed by atoms with van der Waals surface area (Å²) in [6, 6.07) is 6.86. The summed E-state index contributed by atoms with van der Waals surface area (Å²) < 4.78 is 0. The molecule has 4 N–H and O–H groups in total. The van der Waals surface area contributed by atoms with Gasteiger partial charge in [0.15, 0.2) is 0 Å². The number of urea groups is 1. The number of amides is 3. The number of hydrogen-bond acceptors (Lipinski definition) is 3. The molecule has 1 atom stereocenters. The van der Waals surface area contributed by atoms with Crippen LogP contribution in [0, 0.1) is 0 Å². The van der Waals surface area contributed by atoms with Crippen molar-refractivity contribution in [2.75, 3.05) is 24.5 Å². The van der Waals surface area contributed by atoms with Crippen LogP contribution < -0.4 is 21.3 Å². The molecule has 0 unspecified atom stereocenters. The van der Waals surface area contributed by atoms with Gasteiger partial charge in [0.25, 0.3) is 5.91 Å². The second kappa shape index (κ2) is 6.38. The lowest BCUT2D eigenvalue weighted by Crippen LogP contribution is -2.46. The Morgan fingerprint density at radius 2 is 2.35 bits per heavy atom. The first kappa shape index (κ1) is 14.3. The third-order valence-corrected chi connectivity index (χ3v) is 3.23. The van der Waals surface area contributed by atoms with Crippen LogP contribution in [0.3, 0.4) is 0 Å². The van der Waals surface area contributed by atoms with Crippen LogP contribution in [0.15, 0.2) is 24.3 Å². The van der Waals surface area contributed by atoms with E-state index in [9.17, 15) is 9.59 Å². The standard InChI is InChI=1S/C14H20N4O2/c1-10(9-15)17-13(19)11-4-2-5-12(8-11)18-7-3-6-16-14(18)20/h2,4-5,8,10H,3,6-7,9,15H2,1H3,(H,16,20)(H,17,19)/t10-/m0/s1. The van der Waals surface area contributed by atoms with Crippen LogP contribution in [0.5, 0.6) is 0 Å². The van der Waals surface area contributed by atoms with Crippen molar-refractivity contribution in [3.8, 4) is 0 Å². The molecule has 1 fully saturated rings. The molecule has 0 spiro atoms. The van der Waals surface area contributed by atoms with Crippen LogP contribution in [-0.4, -0.2) is 37.6 Å². The number of anilines is 1. The van der Waals surface area contributed by atoms with Crippen LogP contribution in [0.1, 0.15) is 23.7 Å². The summed E-state index contributed by atoms with van der Waals surface area (Å²) in [5, 5.41) is 5.59. The fraction of sp³-hybridized carbons (Fsp3) is 0.429. The van der Waals surface area contributed by atoms with E-state index in [4.69, 9.17) is 5.73 Å². The normalized spacial score (nSPS) is 16.5. The summed E-state index contributed by atoms with van der Waals surface area (Å²) in [6.45, 7) is 3.60. The first-order chi connectivity index (χ1) is 9.61. The third kappa shape index (κ3) is 3.27. The summed E-state index contributed by atoms with van der Waals surface area (Å²) >= 11 is 0. The van der Waals surface area contributed by atoms with E-state index in [1.54, 1.807) is 23.1 Å². The van der Waals surface area contributed by atoms with Gasteiger partial charge in [-0.1, -0.05) is 6.07 Å². The van der Waals surface area contributed by atoms with Crippen LogP contribution in [0.4, 0.5) is 10.5 Å². The van der Waals surface area contributed by atoms with Gasteiger partial charge in [0.2, 0.25) is 0 Å². The predicted molar refractivity (Wildman–Crippen MR) is 77.8 cm³/mol. The average molecular weight is 276 g/mol. The molecule has 20 heavy (non-hydrogen) atoms. The van der Waals surface area contributed by atoms with Gasteiger partial charge in [0.05, 0.1) is 0 Å². The van der Waals surface area contributed by atoms with E-state index in [1.807, 2.05) is 13.0 Å². The number of hydrogen-bond donors (Lipinski definition) is 3. The molecule has 1 heterocycles. The van der Waals surface area contributed by atoms with E-state index in [0.29, 0.717) is 25.2 Å². The zero-order valence-corrected chi connectivity index (χ0v) is 11.6. The predicted octanol–water partition coefficient (Wildman–Crippen LogP) is 0.683. The molecule has 0 aromatic heterocycles. The highest BCUT2D eigenvalue weighted by Gasteiger charge is 2.20. The topological polar surface area (TPSA) is 87.5 Å². The van der Waals surface area contributed by atoms with Crippen LogP contribution in [0.25, 0.3) is 0 Å². The summed E-state index contributed by atoms with van der Waals surface area (Å²) in [7, 11) is 0. The van der Waals surface area contributed by atoms with E-state index in [2.05, 4.69) is 10.6 Å². The fourth-order valence-corrected chi connectivity index (χ4v) is 2.06. The van der Waals surface area contributed by atoms with Gasteiger partial charge in [-0.25, -0.2) is 4.79 Å². The van der Waals surface area contributed by atoms with Gasteiger partial charge in [0.1, 0.15) is 0 Å². The molecule has 0 radical (unpaired) electrons. The Morgan fingerprint density at radius 3 is 3.05 bits per heavy atom. The Bertz CT molecular complexity index is 504. The molecule has 0 bridgehead atoms. The number of nitrogens with two attached hydrogens (primary N) is 1. The Morgan fingerprint density at radius 1 is 1.55 bits per heavy atom. The smallest absolute Gasteiger partial charge is 0.321 e. The summed E-state index contributed by atoms with van der Waals surface area (Å²) in [4.78, 5) is 25.5. The minimum Gasteiger partial charge on any atom is -0.348 e. The zero-order chi connectivity index (χ0) is 14.5. The molecule has 6 heteroatoms. The Labute approximate surface area is 118 Å². The van der Waals surface area contributed by atoms with Gasteiger partial charge in [0, 0.05) is 36.9 Å². The van der Waals surface area contributed by atoms with Crippen molar-refractivity contribution in [2.24, 2.45) is 5.73 Å². The van der Waals surface area contributed by atoms with Crippen molar-refractivity contribution in [3.05, 3.63) is 29.8 Å². The molecule has 1 aromatic rings. The molecule has 1 aliphatic heterocycles. The minimum atomic E-state index is -0.179. The zero-order valence-electron chi connectivity index (χ0n) is 11.6. The molecule has 6 nitrogen and oxygen atoms in total. The highest BCUT2D eigenvalue weighted by molar-refractivity contribution is 5.98. The van der Waals surface area contributed by atoms with Gasteiger partial charge >= 0.3 is 6.03 Å². The van der Waals surface area contributed by atoms with Crippen LogP contribution in [-0.2, 0) is 0 Å². The number of nitrogens with one attached hydrogen (secondary N) is 2. The minimum absolute atomic E-state index is 0.0792. The summed E-state index contributed by atoms with van der Waals surface area (Å²) in [5.41, 5.74) is 6.75. The van der Waals surface area contributed by atoms with Gasteiger partial charge < -0.3 is 16.4 Å². The Hall–Kier alpha value is -2.08. The molecule has 1 aliphatic rings. The quantitative estimate of drug-likeness (QED) is 0.756. The maximum Gasteiger partial charge on any atom is 0.321 e. The van der Waals surface area contributed by atoms with Crippen molar-refractivity contribution >= 4 is 17.6 Å². The van der Waals surface area contributed by atoms with Crippen molar-refractivity contribution in [1.29, 1.82) is 0 Å². The number of carbonyl (C=O) groups excluding carboxylic acids is 2. The van der Waals surface area contributed by atoms with Crippen molar-refractivity contribution in [1.82, 2.24) is 10.6 Å². The van der Waals surface area contributed by atoms with Gasteiger partial charge in [-0.05, 0) is 31.5 Å². The summed E-state index contributed by atoms with van der Waals surface area (Å²) in [5.74, 6) is -0.179. The van der Waals surface area contributed by atoms with E-state index in [1.165, 1.54) is 0 Å². The average Bonchev–Trinajstić information content (AvgIpc) is 2.47. The number of benzene rings is 1. The molecule has 2 rings (SSSR count). The molecular weight excluding hydrogens is 256 g/mol. The lowest BCUT2D eigenvalue weighted by atomic mass is 10.1.